The molecular formula is C17H25NO3. The molecule has 1 aromatic carbocycles. The molecule has 2 atom stereocenters. The molecule has 1 aliphatic rings. The van der Waals surface area contributed by atoms with Crippen molar-refractivity contribution in [2.24, 2.45) is 5.92 Å². The van der Waals surface area contributed by atoms with Crippen LogP contribution in [0.5, 0.6) is 0 Å². The average molecular weight is 291 g/mol. The van der Waals surface area contributed by atoms with E-state index in [1.165, 1.54) is 0 Å². The van der Waals surface area contributed by atoms with E-state index in [1.54, 1.807) is 0 Å². The summed E-state index contributed by atoms with van der Waals surface area (Å²) in [5.74, 6) is 0.367. The van der Waals surface area contributed by atoms with Crippen LogP contribution in [0.1, 0.15) is 44.7 Å². The van der Waals surface area contributed by atoms with Gasteiger partial charge >= 0.3 is 0 Å². The van der Waals surface area contributed by atoms with Gasteiger partial charge in [0.2, 0.25) is 5.91 Å². The Labute approximate surface area is 126 Å². The van der Waals surface area contributed by atoms with Crippen LogP contribution in [0.2, 0.25) is 0 Å². The zero-order valence-corrected chi connectivity index (χ0v) is 12.8. The van der Waals surface area contributed by atoms with Crippen molar-refractivity contribution in [1.29, 1.82) is 0 Å². The largest absolute Gasteiger partial charge is 0.387 e. The standard InChI is InChI=1S/C17H25NO3/c1-13(2)10-15(14-6-4-3-5-7-14)18-16(19)11-17(20)8-9-21-12-17/h3-7,13,15,20H,8-12H2,1-2H3,(H,18,19). The Kier molecular flexibility index (Phi) is 5.37. The van der Waals surface area contributed by atoms with Crippen LogP contribution in [-0.4, -0.2) is 29.8 Å². The van der Waals surface area contributed by atoms with Crippen LogP contribution >= 0.6 is 0 Å². The van der Waals surface area contributed by atoms with Crippen LogP contribution in [0.15, 0.2) is 30.3 Å². The Morgan fingerprint density at radius 1 is 1.38 bits per heavy atom. The average Bonchev–Trinajstić information content (AvgIpc) is 2.84. The van der Waals surface area contributed by atoms with Gasteiger partial charge in [0.25, 0.3) is 0 Å². The molecule has 21 heavy (non-hydrogen) atoms. The minimum Gasteiger partial charge on any atom is -0.387 e. The second-order valence-electron chi connectivity index (χ2n) is 6.36. The molecule has 0 aliphatic carbocycles. The molecule has 0 saturated carbocycles. The van der Waals surface area contributed by atoms with Gasteiger partial charge in [0, 0.05) is 13.0 Å². The zero-order chi connectivity index (χ0) is 15.3. The molecule has 1 heterocycles. The predicted molar refractivity (Wildman–Crippen MR) is 81.8 cm³/mol. The number of amides is 1. The quantitative estimate of drug-likeness (QED) is 0.846. The van der Waals surface area contributed by atoms with E-state index in [0.717, 1.165) is 12.0 Å². The summed E-state index contributed by atoms with van der Waals surface area (Å²) < 4.78 is 5.19. The first-order chi connectivity index (χ1) is 9.98. The molecule has 116 valence electrons. The van der Waals surface area contributed by atoms with Gasteiger partial charge in [-0.1, -0.05) is 44.2 Å². The van der Waals surface area contributed by atoms with Gasteiger partial charge in [-0.2, -0.15) is 0 Å². The number of ether oxygens (including phenoxy) is 1. The molecule has 2 rings (SSSR count). The van der Waals surface area contributed by atoms with E-state index in [4.69, 9.17) is 4.74 Å². The summed E-state index contributed by atoms with van der Waals surface area (Å²) in [6.45, 7) is 5.05. The summed E-state index contributed by atoms with van der Waals surface area (Å²) >= 11 is 0. The van der Waals surface area contributed by atoms with Gasteiger partial charge < -0.3 is 15.2 Å². The summed E-state index contributed by atoms with van der Waals surface area (Å²) in [6.07, 6.45) is 1.51. The number of hydrogen-bond acceptors (Lipinski definition) is 3. The van der Waals surface area contributed by atoms with Crippen LogP contribution in [0, 0.1) is 5.92 Å². The lowest BCUT2D eigenvalue weighted by Crippen LogP contribution is -2.38. The summed E-state index contributed by atoms with van der Waals surface area (Å²) in [5, 5.41) is 13.3. The third-order valence-corrected chi connectivity index (χ3v) is 3.82. The number of nitrogens with one attached hydrogen (secondary N) is 1. The van der Waals surface area contributed by atoms with E-state index < -0.39 is 5.60 Å². The predicted octanol–water partition coefficient (Wildman–Crippen LogP) is 2.43. The van der Waals surface area contributed by atoms with Crippen LogP contribution < -0.4 is 5.32 Å². The zero-order valence-electron chi connectivity index (χ0n) is 12.8. The number of carbonyl (C=O) groups is 1. The van der Waals surface area contributed by atoms with Crippen LogP contribution in [0.4, 0.5) is 0 Å². The molecule has 0 aromatic heterocycles. The maximum atomic E-state index is 12.2. The first-order valence-corrected chi connectivity index (χ1v) is 7.63. The van der Waals surface area contributed by atoms with Gasteiger partial charge in [-0.3, -0.25) is 4.79 Å². The van der Waals surface area contributed by atoms with Gasteiger partial charge in [-0.05, 0) is 17.9 Å². The molecule has 4 heteroatoms. The molecule has 1 saturated heterocycles. The maximum Gasteiger partial charge on any atom is 0.223 e. The highest BCUT2D eigenvalue weighted by Gasteiger charge is 2.35. The smallest absolute Gasteiger partial charge is 0.223 e. The van der Waals surface area contributed by atoms with E-state index in [1.807, 2.05) is 30.3 Å². The van der Waals surface area contributed by atoms with E-state index in [-0.39, 0.29) is 25.0 Å². The Bertz CT molecular complexity index is 452. The van der Waals surface area contributed by atoms with Crippen molar-refractivity contribution in [1.82, 2.24) is 5.32 Å². The lowest BCUT2D eigenvalue weighted by Gasteiger charge is -2.24. The summed E-state index contributed by atoms with van der Waals surface area (Å²) in [6, 6.07) is 9.97. The van der Waals surface area contributed by atoms with Crippen molar-refractivity contribution in [3.05, 3.63) is 35.9 Å². The van der Waals surface area contributed by atoms with E-state index >= 15 is 0 Å². The Morgan fingerprint density at radius 3 is 2.67 bits per heavy atom. The number of rotatable bonds is 6. The van der Waals surface area contributed by atoms with Crippen LogP contribution in [0.25, 0.3) is 0 Å². The van der Waals surface area contributed by atoms with Gasteiger partial charge in [0.05, 0.1) is 24.7 Å². The fraction of sp³-hybridized carbons (Fsp3) is 0.588. The Balaban J connectivity index is 1.99. The van der Waals surface area contributed by atoms with Crippen molar-refractivity contribution in [3.8, 4) is 0 Å². The molecular weight excluding hydrogens is 266 g/mol. The van der Waals surface area contributed by atoms with Crippen LogP contribution in [-0.2, 0) is 9.53 Å². The molecule has 0 spiro atoms. The Hall–Kier alpha value is -1.39. The molecule has 0 bridgehead atoms. The maximum absolute atomic E-state index is 12.2. The normalized spacial score (nSPS) is 23.2. The molecule has 1 fully saturated rings. The minimum atomic E-state index is -0.997. The lowest BCUT2D eigenvalue weighted by atomic mass is 9.95. The molecule has 2 N–H and O–H groups in total. The summed E-state index contributed by atoms with van der Waals surface area (Å²) in [5.41, 5.74) is 0.109. The van der Waals surface area contributed by atoms with E-state index in [9.17, 15) is 9.90 Å². The topological polar surface area (TPSA) is 58.6 Å². The van der Waals surface area contributed by atoms with Crippen molar-refractivity contribution >= 4 is 5.91 Å². The first-order valence-electron chi connectivity index (χ1n) is 7.63. The Morgan fingerprint density at radius 2 is 2.10 bits per heavy atom. The molecule has 1 aliphatic heterocycles. The highest BCUT2D eigenvalue weighted by atomic mass is 16.5. The number of hydrogen-bond donors (Lipinski definition) is 2. The van der Waals surface area contributed by atoms with Crippen LogP contribution in [0.3, 0.4) is 0 Å². The van der Waals surface area contributed by atoms with Gasteiger partial charge in [0.1, 0.15) is 0 Å². The second kappa shape index (κ2) is 7.05. The molecule has 0 radical (unpaired) electrons. The minimum absolute atomic E-state index is 0.00961. The second-order valence-corrected chi connectivity index (χ2v) is 6.36. The summed E-state index contributed by atoms with van der Waals surface area (Å²) in [4.78, 5) is 12.2. The fourth-order valence-electron chi connectivity index (χ4n) is 2.72. The van der Waals surface area contributed by atoms with Gasteiger partial charge in [0.15, 0.2) is 0 Å². The SMILES string of the molecule is CC(C)CC(NC(=O)CC1(O)CCOC1)c1ccccc1. The molecule has 4 nitrogen and oxygen atoms in total. The molecule has 2 unspecified atom stereocenters. The number of benzene rings is 1. The third-order valence-electron chi connectivity index (χ3n) is 3.82. The highest BCUT2D eigenvalue weighted by molar-refractivity contribution is 5.77. The van der Waals surface area contributed by atoms with Crippen molar-refractivity contribution < 1.29 is 14.6 Å². The fourth-order valence-corrected chi connectivity index (χ4v) is 2.72. The van der Waals surface area contributed by atoms with Gasteiger partial charge in [-0.25, -0.2) is 0 Å². The molecule has 1 amide bonds. The first kappa shape index (κ1) is 16.0. The van der Waals surface area contributed by atoms with Gasteiger partial charge in [-0.15, -0.1) is 0 Å². The molecule has 1 aromatic rings. The lowest BCUT2D eigenvalue weighted by molar-refractivity contribution is -0.127. The van der Waals surface area contributed by atoms with Crippen molar-refractivity contribution in [2.75, 3.05) is 13.2 Å². The number of carbonyl (C=O) groups excluding carboxylic acids is 1. The highest BCUT2D eigenvalue weighted by Crippen LogP contribution is 2.25. The van der Waals surface area contributed by atoms with Crippen molar-refractivity contribution in [2.45, 2.75) is 44.8 Å². The monoisotopic (exact) mass is 291 g/mol. The van der Waals surface area contributed by atoms with E-state index in [2.05, 4.69) is 19.2 Å². The van der Waals surface area contributed by atoms with Crippen molar-refractivity contribution in [3.63, 3.8) is 0 Å². The van der Waals surface area contributed by atoms with E-state index in [0.29, 0.717) is 18.9 Å². The third kappa shape index (κ3) is 4.83. The number of aliphatic hydroxyl groups is 1. The summed E-state index contributed by atoms with van der Waals surface area (Å²) in [7, 11) is 0.